The van der Waals surface area contributed by atoms with Crippen LogP contribution in [0, 0.1) is 0 Å². The first-order valence-corrected chi connectivity index (χ1v) is 11.7. The number of carbonyl (C=O) groups excluding carboxylic acids is 2. The minimum atomic E-state index is -0.547. The van der Waals surface area contributed by atoms with Crippen molar-refractivity contribution >= 4 is 46.1 Å². The van der Waals surface area contributed by atoms with Gasteiger partial charge in [0.25, 0.3) is 5.56 Å². The molecule has 0 N–H and O–H groups in total. The summed E-state index contributed by atoms with van der Waals surface area (Å²) in [5.41, 5.74) is 0.529. The second-order valence-electron chi connectivity index (χ2n) is 7.28. The maximum atomic E-state index is 13.2. The van der Waals surface area contributed by atoms with Crippen LogP contribution in [0.15, 0.2) is 41.2 Å². The SMILES string of the molecule is CCOC(=O)C=c1sc(=Cc2ccc3cc(OC)ccc3c2)c(=O)n1CC(=O)N(CC)CC. The Morgan fingerprint density at radius 2 is 1.76 bits per heavy atom. The summed E-state index contributed by atoms with van der Waals surface area (Å²) in [7, 11) is 1.63. The summed E-state index contributed by atoms with van der Waals surface area (Å²) < 4.78 is 12.5. The van der Waals surface area contributed by atoms with Crippen LogP contribution < -0.4 is 19.5 Å². The number of amides is 1. The van der Waals surface area contributed by atoms with Gasteiger partial charge in [-0.15, -0.1) is 11.3 Å². The molecule has 1 amide bonds. The lowest BCUT2D eigenvalue weighted by atomic mass is 10.1. The summed E-state index contributed by atoms with van der Waals surface area (Å²) in [4.78, 5) is 39.6. The van der Waals surface area contributed by atoms with Gasteiger partial charge in [0.2, 0.25) is 5.91 Å². The molecule has 1 heterocycles. The molecule has 3 rings (SSSR count). The molecule has 0 bridgehead atoms. The Labute approximate surface area is 196 Å². The van der Waals surface area contributed by atoms with E-state index in [1.807, 2.05) is 50.2 Å². The lowest BCUT2D eigenvalue weighted by Crippen LogP contribution is -2.40. The summed E-state index contributed by atoms with van der Waals surface area (Å²) in [5.74, 6) is 0.0518. The van der Waals surface area contributed by atoms with Crippen molar-refractivity contribution in [3.8, 4) is 5.75 Å². The van der Waals surface area contributed by atoms with Crippen molar-refractivity contribution in [1.29, 1.82) is 0 Å². The second kappa shape index (κ2) is 11.0. The summed E-state index contributed by atoms with van der Waals surface area (Å²) in [6, 6.07) is 11.7. The summed E-state index contributed by atoms with van der Waals surface area (Å²) in [5, 5.41) is 2.03. The number of hydrogen-bond acceptors (Lipinski definition) is 6. The zero-order valence-corrected chi connectivity index (χ0v) is 20.1. The molecule has 0 aliphatic heterocycles. The molecule has 0 spiro atoms. The fourth-order valence-corrected chi connectivity index (χ4v) is 4.53. The zero-order valence-electron chi connectivity index (χ0n) is 19.3. The largest absolute Gasteiger partial charge is 0.497 e. The van der Waals surface area contributed by atoms with Gasteiger partial charge < -0.3 is 14.4 Å². The second-order valence-corrected chi connectivity index (χ2v) is 8.34. The number of hydrogen-bond donors (Lipinski definition) is 0. The van der Waals surface area contributed by atoms with Crippen LogP contribution in [0.1, 0.15) is 26.3 Å². The Morgan fingerprint density at radius 3 is 2.42 bits per heavy atom. The number of ether oxygens (including phenoxy) is 2. The van der Waals surface area contributed by atoms with E-state index >= 15 is 0 Å². The van der Waals surface area contributed by atoms with E-state index in [0.717, 1.165) is 33.4 Å². The minimum Gasteiger partial charge on any atom is -0.497 e. The first kappa shape index (κ1) is 24.3. The normalized spacial score (nSPS) is 12.2. The molecule has 0 aliphatic rings. The van der Waals surface area contributed by atoms with E-state index in [2.05, 4.69) is 0 Å². The lowest BCUT2D eigenvalue weighted by molar-refractivity contribution is -0.135. The molecule has 0 atom stereocenters. The first-order valence-electron chi connectivity index (χ1n) is 10.9. The third kappa shape index (κ3) is 5.70. The van der Waals surface area contributed by atoms with E-state index in [1.165, 1.54) is 10.6 Å². The van der Waals surface area contributed by atoms with Crippen LogP contribution in [0.4, 0.5) is 0 Å². The van der Waals surface area contributed by atoms with Gasteiger partial charge in [-0.2, -0.15) is 0 Å². The van der Waals surface area contributed by atoms with Crippen molar-refractivity contribution < 1.29 is 19.1 Å². The predicted molar refractivity (Wildman–Crippen MR) is 131 cm³/mol. The Morgan fingerprint density at radius 1 is 1.06 bits per heavy atom. The fourth-order valence-electron chi connectivity index (χ4n) is 3.50. The Kier molecular flexibility index (Phi) is 8.06. The number of carbonyl (C=O) groups is 2. The summed E-state index contributed by atoms with van der Waals surface area (Å²) >= 11 is 1.16. The zero-order chi connectivity index (χ0) is 24.0. The van der Waals surface area contributed by atoms with Crippen LogP contribution in [0.3, 0.4) is 0 Å². The van der Waals surface area contributed by atoms with Gasteiger partial charge in [0.05, 0.1) is 24.3 Å². The third-order valence-electron chi connectivity index (χ3n) is 5.24. The standard InChI is InChI=1S/C25H28N2O5S/c1-5-26(6-2)22(28)16-27-23(15-24(29)32-7-3)33-21(25(27)30)13-17-8-9-19-14-20(31-4)11-10-18(19)12-17/h8-15H,5-7,16H2,1-4H3. The molecular formula is C25H28N2O5S. The number of nitrogens with zero attached hydrogens (tertiary/aromatic N) is 2. The maximum absolute atomic E-state index is 13.2. The molecule has 174 valence electrons. The van der Waals surface area contributed by atoms with Gasteiger partial charge >= 0.3 is 5.97 Å². The van der Waals surface area contributed by atoms with Crippen molar-refractivity contribution in [3.63, 3.8) is 0 Å². The van der Waals surface area contributed by atoms with Crippen LogP contribution in [0.25, 0.3) is 22.9 Å². The average Bonchev–Trinajstić information content (AvgIpc) is 3.08. The molecule has 0 unspecified atom stereocenters. The molecule has 1 aromatic heterocycles. The highest BCUT2D eigenvalue weighted by atomic mass is 32.1. The van der Waals surface area contributed by atoms with Crippen LogP contribution >= 0.6 is 11.3 Å². The number of methoxy groups -OCH3 is 1. The molecule has 7 nitrogen and oxygen atoms in total. The quantitative estimate of drug-likeness (QED) is 0.473. The number of thiazole rings is 1. The van der Waals surface area contributed by atoms with Gasteiger partial charge in [0.1, 0.15) is 17.0 Å². The molecule has 0 radical (unpaired) electrons. The van der Waals surface area contributed by atoms with Crippen molar-refractivity contribution in [2.75, 3.05) is 26.8 Å². The summed E-state index contributed by atoms with van der Waals surface area (Å²) in [6.07, 6.45) is 3.05. The summed E-state index contributed by atoms with van der Waals surface area (Å²) in [6.45, 7) is 6.68. The van der Waals surface area contributed by atoms with Crippen molar-refractivity contribution in [1.82, 2.24) is 9.47 Å². The van der Waals surface area contributed by atoms with Crippen LogP contribution in [0.5, 0.6) is 5.75 Å². The van der Waals surface area contributed by atoms with Crippen LogP contribution in [0.2, 0.25) is 0 Å². The smallest absolute Gasteiger partial charge is 0.333 e. The van der Waals surface area contributed by atoms with Crippen molar-refractivity contribution in [3.05, 3.63) is 61.5 Å². The first-order chi connectivity index (χ1) is 15.9. The fraction of sp³-hybridized carbons (Fsp3) is 0.320. The van der Waals surface area contributed by atoms with Crippen molar-refractivity contribution in [2.24, 2.45) is 0 Å². The molecule has 0 aliphatic carbocycles. The average molecular weight is 469 g/mol. The van der Waals surface area contributed by atoms with E-state index in [4.69, 9.17) is 9.47 Å². The van der Waals surface area contributed by atoms with E-state index in [0.29, 0.717) is 22.3 Å². The van der Waals surface area contributed by atoms with Gasteiger partial charge in [0.15, 0.2) is 0 Å². The van der Waals surface area contributed by atoms with Crippen LogP contribution in [-0.2, 0) is 20.9 Å². The Balaban J connectivity index is 2.10. The molecule has 0 saturated heterocycles. The van der Waals surface area contributed by atoms with Crippen LogP contribution in [-0.4, -0.2) is 48.1 Å². The number of likely N-dealkylation sites (N-methyl/N-ethyl adjacent to an activating group) is 1. The van der Waals surface area contributed by atoms with E-state index in [1.54, 1.807) is 25.0 Å². The van der Waals surface area contributed by atoms with Gasteiger partial charge in [-0.05, 0) is 61.4 Å². The van der Waals surface area contributed by atoms with Gasteiger partial charge in [0, 0.05) is 13.1 Å². The maximum Gasteiger partial charge on any atom is 0.333 e. The molecular weight excluding hydrogens is 440 g/mol. The topological polar surface area (TPSA) is 77.8 Å². The molecule has 3 aromatic rings. The molecule has 33 heavy (non-hydrogen) atoms. The Hall–Kier alpha value is -3.39. The van der Waals surface area contributed by atoms with Gasteiger partial charge in [-0.3, -0.25) is 14.2 Å². The number of fused-ring (bicyclic) bond motifs is 1. The molecule has 8 heteroatoms. The van der Waals surface area contributed by atoms with Gasteiger partial charge in [-0.25, -0.2) is 4.79 Å². The number of aromatic nitrogens is 1. The highest BCUT2D eigenvalue weighted by molar-refractivity contribution is 7.07. The van der Waals surface area contributed by atoms with E-state index in [9.17, 15) is 14.4 Å². The minimum absolute atomic E-state index is 0.131. The predicted octanol–water partition coefficient (Wildman–Crippen LogP) is 2.11. The number of rotatable bonds is 8. The Bertz CT molecular complexity index is 1340. The lowest BCUT2D eigenvalue weighted by Gasteiger charge is -2.18. The van der Waals surface area contributed by atoms with E-state index in [-0.39, 0.29) is 24.6 Å². The van der Waals surface area contributed by atoms with Gasteiger partial charge in [-0.1, -0.05) is 18.2 Å². The third-order valence-corrected chi connectivity index (χ3v) is 6.30. The highest BCUT2D eigenvalue weighted by Crippen LogP contribution is 2.22. The molecule has 0 fully saturated rings. The molecule has 2 aromatic carbocycles. The number of benzene rings is 2. The molecule has 0 saturated carbocycles. The highest BCUT2D eigenvalue weighted by Gasteiger charge is 2.15. The van der Waals surface area contributed by atoms with Crippen molar-refractivity contribution in [2.45, 2.75) is 27.3 Å². The number of esters is 1. The monoisotopic (exact) mass is 468 g/mol. The van der Waals surface area contributed by atoms with E-state index < -0.39 is 5.97 Å².